The number of sulfonamides is 1. The van der Waals surface area contributed by atoms with E-state index in [9.17, 15) is 13.2 Å². The van der Waals surface area contributed by atoms with Crippen molar-refractivity contribution in [3.8, 4) is 11.5 Å². The maximum absolute atomic E-state index is 12.1. The van der Waals surface area contributed by atoms with Crippen LogP contribution in [-0.4, -0.2) is 27.5 Å². The molecule has 0 aromatic heterocycles. The van der Waals surface area contributed by atoms with Crippen LogP contribution in [0.5, 0.6) is 11.5 Å². The van der Waals surface area contributed by atoms with Gasteiger partial charge in [-0.3, -0.25) is 4.79 Å². The van der Waals surface area contributed by atoms with Gasteiger partial charge in [-0.05, 0) is 48.4 Å². The standard InChI is InChI=1S/C18H17ClN2O5S/c1-11-2-4-13(10-16(11)27(20,23)24)21-17(22)5-3-12-8-14(19)18-15(9-12)25-6-7-26-18/h2-5,8-10H,6-7H2,1H3,(H,21,22)(H2,20,23,24)/b5-3+. The van der Waals surface area contributed by atoms with Gasteiger partial charge < -0.3 is 14.8 Å². The zero-order chi connectivity index (χ0) is 19.6. The van der Waals surface area contributed by atoms with Crippen LogP contribution in [0.15, 0.2) is 41.3 Å². The second kappa shape index (κ2) is 7.59. The largest absolute Gasteiger partial charge is 0.486 e. The fourth-order valence-electron chi connectivity index (χ4n) is 2.57. The lowest BCUT2D eigenvalue weighted by atomic mass is 10.1. The SMILES string of the molecule is Cc1ccc(NC(=O)/C=C/c2cc(Cl)c3c(c2)OCCO3)cc1S(N)(=O)=O. The second-order valence-corrected chi connectivity index (χ2v) is 7.81. The van der Waals surface area contributed by atoms with Crippen molar-refractivity contribution in [1.29, 1.82) is 0 Å². The van der Waals surface area contributed by atoms with Gasteiger partial charge in [0.15, 0.2) is 11.5 Å². The minimum atomic E-state index is -3.87. The third-order valence-corrected chi connectivity index (χ3v) is 5.14. The Bertz CT molecular complexity index is 1030. The van der Waals surface area contributed by atoms with Gasteiger partial charge in [-0.1, -0.05) is 17.7 Å². The molecule has 1 amide bonds. The highest BCUT2D eigenvalue weighted by atomic mass is 35.5. The van der Waals surface area contributed by atoms with Crippen LogP contribution < -0.4 is 19.9 Å². The Balaban J connectivity index is 1.76. The molecule has 1 aliphatic rings. The summed E-state index contributed by atoms with van der Waals surface area (Å²) in [6, 6.07) is 7.85. The molecule has 0 unspecified atom stereocenters. The first-order valence-corrected chi connectivity index (χ1v) is 9.88. The topological polar surface area (TPSA) is 108 Å². The molecule has 2 aromatic rings. The molecule has 9 heteroatoms. The lowest BCUT2D eigenvalue weighted by molar-refractivity contribution is -0.111. The number of nitrogens with one attached hydrogen (secondary N) is 1. The van der Waals surface area contributed by atoms with E-state index < -0.39 is 15.9 Å². The Labute approximate surface area is 161 Å². The summed E-state index contributed by atoms with van der Waals surface area (Å²) in [5.74, 6) is 0.565. The number of fused-ring (bicyclic) bond motifs is 1. The van der Waals surface area contributed by atoms with Gasteiger partial charge in [-0.2, -0.15) is 0 Å². The van der Waals surface area contributed by atoms with Gasteiger partial charge in [0, 0.05) is 11.8 Å². The Morgan fingerprint density at radius 2 is 1.96 bits per heavy atom. The van der Waals surface area contributed by atoms with E-state index in [4.69, 9.17) is 26.2 Å². The zero-order valence-electron chi connectivity index (χ0n) is 14.4. The van der Waals surface area contributed by atoms with Gasteiger partial charge in [0.2, 0.25) is 15.9 Å². The van der Waals surface area contributed by atoms with Crippen molar-refractivity contribution >= 4 is 39.3 Å². The molecule has 0 bridgehead atoms. The molecule has 3 rings (SSSR count). The molecular weight excluding hydrogens is 392 g/mol. The van der Waals surface area contributed by atoms with Crippen LogP contribution in [-0.2, 0) is 14.8 Å². The van der Waals surface area contributed by atoms with E-state index in [1.54, 1.807) is 37.3 Å². The summed E-state index contributed by atoms with van der Waals surface area (Å²) in [6.45, 7) is 2.48. The molecule has 0 spiro atoms. The third kappa shape index (κ3) is 4.60. The number of hydrogen-bond acceptors (Lipinski definition) is 5. The number of amides is 1. The van der Waals surface area contributed by atoms with Crippen molar-refractivity contribution in [3.63, 3.8) is 0 Å². The summed E-state index contributed by atoms with van der Waals surface area (Å²) in [6.07, 6.45) is 2.87. The second-order valence-electron chi connectivity index (χ2n) is 5.87. The molecule has 27 heavy (non-hydrogen) atoms. The summed E-state index contributed by atoms with van der Waals surface area (Å²) in [5, 5.41) is 8.16. The van der Waals surface area contributed by atoms with E-state index in [0.29, 0.717) is 46.5 Å². The van der Waals surface area contributed by atoms with E-state index in [1.807, 2.05) is 0 Å². The number of aryl methyl sites for hydroxylation is 1. The Kier molecular flexibility index (Phi) is 5.41. The number of carbonyl (C=O) groups excluding carboxylic acids is 1. The first-order valence-electron chi connectivity index (χ1n) is 7.96. The highest BCUT2D eigenvalue weighted by Gasteiger charge is 2.16. The predicted molar refractivity (Wildman–Crippen MR) is 103 cm³/mol. The minimum Gasteiger partial charge on any atom is -0.486 e. The fourth-order valence-corrected chi connectivity index (χ4v) is 3.65. The molecule has 0 fully saturated rings. The molecule has 0 saturated carbocycles. The van der Waals surface area contributed by atoms with Crippen LogP contribution in [0.2, 0.25) is 5.02 Å². The maximum Gasteiger partial charge on any atom is 0.248 e. The van der Waals surface area contributed by atoms with Gasteiger partial charge >= 0.3 is 0 Å². The van der Waals surface area contributed by atoms with Crippen molar-refractivity contribution in [3.05, 3.63) is 52.6 Å². The van der Waals surface area contributed by atoms with Crippen molar-refractivity contribution in [2.75, 3.05) is 18.5 Å². The fraction of sp³-hybridized carbons (Fsp3) is 0.167. The van der Waals surface area contributed by atoms with E-state index in [1.165, 1.54) is 12.1 Å². The molecule has 1 aliphatic heterocycles. The number of hydrogen-bond donors (Lipinski definition) is 2. The van der Waals surface area contributed by atoms with Crippen molar-refractivity contribution in [2.45, 2.75) is 11.8 Å². The molecule has 2 aromatic carbocycles. The van der Waals surface area contributed by atoms with Crippen molar-refractivity contribution in [1.82, 2.24) is 0 Å². The summed E-state index contributed by atoms with van der Waals surface area (Å²) >= 11 is 6.16. The normalized spacial score (nSPS) is 13.6. The number of halogens is 1. The Morgan fingerprint density at radius 1 is 1.22 bits per heavy atom. The van der Waals surface area contributed by atoms with Gasteiger partial charge in [0.1, 0.15) is 13.2 Å². The highest BCUT2D eigenvalue weighted by molar-refractivity contribution is 7.89. The molecule has 0 saturated heterocycles. The lowest BCUT2D eigenvalue weighted by Crippen LogP contribution is -2.15. The average Bonchev–Trinajstić information content (AvgIpc) is 2.61. The number of primary sulfonamides is 1. The third-order valence-electron chi connectivity index (χ3n) is 3.81. The number of anilines is 1. The molecule has 0 aliphatic carbocycles. The number of ether oxygens (including phenoxy) is 2. The molecule has 3 N–H and O–H groups in total. The predicted octanol–water partition coefficient (Wildman–Crippen LogP) is 2.72. The molecule has 1 heterocycles. The van der Waals surface area contributed by atoms with Crippen LogP contribution in [0.25, 0.3) is 6.08 Å². The van der Waals surface area contributed by atoms with Crippen LogP contribution in [0.3, 0.4) is 0 Å². The lowest BCUT2D eigenvalue weighted by Gasteiger charge is -2.19. The average molecular weight is 409 g/mol. The van der Waals surface area contributed by atoms with Gasteiger partial charge in [0.05, 0.1) is 9.92 Å². The van der Waals surface area contributed by atoms with E-state index in [2.05, 4.69) is 5.32 Å². The van der Waals surface area contributed by atoms with Gasteiger partial charge in [0.25, 0.3) is 0 Å². The summed E-state index contributed by atoms with van der Waals surface area (Å²) in [4.78, 5) is 12.1. The van der Waals surface area contributed by atoms with E-state index >= 15 is 0 Å². The number of rotatable bonds is 4. The van der Waals surface area contributed by atoms with E-state index in [0.717, 1.165) is 0 Å². The molecule has 0 atom stereocenters. The number of benzene rings is 2. The van der Waals surface area contributed by atoms with Gasteiger partial charge in [-0.15, -0.1) is 0 Å². The number of nitrogens with two attached hydrogens (primary N) is 1. The van der Waals surface area contributed by atoms with Crippen molar-refractivity contribution in [2.24, 2.45) is 5.14 Å². The molecular formula is C18H17ClN2O5S. The molecule has 0 radical (unpaired) electrons. The van der Waals surface area contributed by atoms with Crippen molar-refractivity contribution < 1.29 is 22.7 Å². The monoisotopic (exact) mass is 408 g/mol. The Hall–Kier alpha value is -2.55. The Morgan fingerprint density at radius 3 is 2.70 bits per heavy atom. The summed E-state index contributed by atoms with van der Waals surface area (Å²) in [7, 11) is -3.87. The smallest absolute Gasteiger partial charge is 0.248 e. The van der Waals surface area contributed by atoms with Crippen LogP contribution in [0.1, 0.15) is 11.1 Å². The highest BCUT2D eigenvalue weighted by Crippen LogP contribution is 2.38. The van der Waals surface area contributed by atoms with Crippen LogP contribution >= 0.6 is 11.6 Å². The summed E-state index contributed by atoms with van der Waals surface area (Å²) < 4.78 is 34.1. The van der Waals surface area contributed by atoms with E-state index in [-0.39, 0.29) is 4.90 Å². The maximum atomic E-state index is 12.1. The first kappa shape index (κ1) is 19.2. The quantitative estimate of drug-likeness (QED) is 0.756. The molecule has 142 valence electrons. The minimum absolute atomic E-state index is 0.0390. The van der Waals surface area contributed by atoms with Crippen LogP contribution in [0.4, 0.5) is 5.69 Å². The molecule has 7 nitrogen and oxygen atoms in total. The number of carbonyl (C=O) groups is 1. The summed E-state index contributed by atoms with van der Waals surface area (Å²) in [5.41, 5.74) is 1.48. The zero-order valence-corrected chi connectivity index (χ0v) is 15.9. The van der Waals surface area contributed by atoms with Crippen LogP contribution in [0, 0.1) is 6.92 Å². The van der Waals surface area contributed by atoms with Gasteiger partial charge in [-0.25, -0.2) is 13.6 Å². The first-order chi connectivity index (χ1) is 12.7.